The number of hydrogen-bond acceptors (Lipinski definition) is 3. The minimum Gasteiger partial charge on any atom is -0.399 e. The molecular weight excluding hydrogens is 205 g/mol. The zero-order valence-corrected chi connectivity index (χ0v) is 10.1. The zero-order valence-electron chi connectivity index (χ0n) is 10.1. The van der Waals surface area contributed by atoms with Gasteiger partial charge in [0.1, 0.15) is 0 Å². The van der Waals surface area contributed by atoms with Crippen LogP contribution < -0.4 is 5.46 Å². The Morgan fingerprint density at radius 1 is 1.25 bits per heavy atom. The van der Waals surface area contributed by atoms with Gasteiger partial charge in [0.15, 0.2) is 0 Å². The average molecular weight is 221 g/mol. The van der Waals surface area contributed by atoms with Crippen LogP contribution in [0.4, 0.5) is 0 Å². The molecule has 0 spiro atoms. The van der Waals surface area contributed by atoms with Crippen molar-refractivity contribution in [2.75, 3.05) is 0 Å². The Hall–Kier alpha value is -1.07. The molecule has 0 bridgehead atoms. The van der Waals surface area contributed by atoms with Gasteiger partial charge in [-0.3, -0.25) is 9.36 Å². The van der Waals surface area contributed by atoms with Crippen LogP contribution in [0.3, 0.4) is 0 Å². The third-order valence-corrected chi connectivity index (χ3v) is 3.38. The molecule has 0 radical (unpaired) electrons. The van der Waals surface area contributed by atoms with Crippen molar-refractivity contribution in [2.45, 2.75) is 38.9 Å². The van der Waals surface area contributed by atoms with Gasteiger partial charge in [-0.1, -0.05) is 0 Å². The van der Waals surface area contributed by atoms with Crippen molar-refractivity contribution in [3.05, 3.63) is 18.5 Å². The van der Waals surface area contributed by atoms with Gasteiger partial charge >= 0.3 is 7.12 Å². The number of carbonyl (C=O) groups is 1. The van der Waals surface area contributed by atoms with Crippen LogP contribution in [-0.4, -0.2) is 29.3 Å². The Bertz CT molecular complexity index is 395. The quantitative estimate of drug-likeness (QED) is 0.548. The SMILES string of the molecule is CC1(C)OB(c2ccn(C=O)c2)OC1(C)C. The fourth-order valence-electron chi connectivity index (χ4n) is 1.61. The largest absolute Gasteiger partial charge is 0.496 e. The molecule has 16 heavy (non-hydrogen) atoms. The first kappa shape index (κ1) is 11.4. The minimum absolute atomic E-state index is 0.346. The summed E-state index contributed by atoms with van der Waals surface area (Å²) in [6, 6.07) is 1.83. The maximum atomic E-state index is 10.6. The van der Waals surface area contributed by atoms with E-state index in [0.29, 0.717) is 0 Å². The summed E-state index contributed by atoms with van der Waals surface area (Å²) >= 11 is 0. The van der Waals surface area contributed by atoms with E-state index >= 15 is 0 Å². The molecule has 2 rings (SSSR count). The Morgan fingerprint density at radius 3 is 2.25 bits per heavy atom. The van der Waals surface area contributed by atoms with E-state index < -0.39 is 7.12 Å². The molecule has 0 aliphatic carbocycles. The van der Waals surface area contributed by atoms with Gasteiger partial charge in [0.05, 0.1) is 11.2 Å². The molecule has 1 aliphatic heterocycles. The summed E-state index contributed by atoms with van der Waals surface area (Å²) in [6.07, 6.45) is 4.15. The number of nitrogens with zero attached hydrogens (tertiary/aromatic N) is 1. The molecule has 0 N–H and O–H groups in total. The van der Waals surface area contributed by atoms with Gasteiger partial charge in [0.2, 0.25) is 6.41 Å². The number of hydrogen-bond donors (Lipinski definition) is 0. The molecule has 1 aliphatic rings. The summed E-state index contributed by atoms with van der Waals surface area (Å²) in [7, 11) is -0.397. The lowest BCUT2D eigenvalue weighted by Gasteiger charge is -2.32. The van der Waals surface area contributed by atoms with Crippen LogP contribution in [-0.2, 0) is 14.1 Å². The van der Waals surface area contributed by atoms with E-state index in [1.807, 2.05) is 33.8 Å². The summed E-state index contributed by atoms with van der Waals surface area (Å²) in [5.41, 5.74) is 0.174. The fraction of sp³-hybridized carbons (Fsp3) is 0.545. The van der Waals surface area contributed by atoms with Gasteiger partial charge < -0.3 is 9.31 Å². The highest BCUT2D eigenvalue weighted by molar-refractivity contribution is 6.62. The van der Waals surface area contributed by atoms with Crippen LogP contribution in [0, 0.1) is 0 Å². The van der Waals surface area contributed by atoms with Gasteiger partial charge in [-0.25, -0.2) is 0 Å². The van der Waals surface area contributed by atoms with Crippen molar-refractivity contribution >= 4 is 19.0 Å². The van der Waals surface area contributed by atoms with Gasteiger partial charge in [-0.2, -0.15) is 0 Å². The molecule has 0 atom stereocenters. The monoisotopic (exact) mass is 221 g/mol. The fourth-order valence-corrected chi connectivity index (χ4v) is 1.61. The van der Waals surface area contributed by atoms with Crippen LogP contribution in [0.15, 0.2) is 18.5 Å². The lowest BCUT2D eigenvalue weighted by atomic mass is 9.81. The van der Waals surface area contributed by atoms with E-state index in [4.69, 9.17) is 9.31 Å². The summed E-state index contributed by atoms with van der Waals surface area (Å²) in [4.78, 5) is 10.6. The van der Waals surface area contributed by atoms with Crippen molar-refractivity contribution in [3.8, 4) is 0 Å². The second kappa shape index (κ2) is 3.47. The van der Waals surface area contributed by atoms with Gasteiger partial charge in [-0.15, -0.1) is 0 Å². The molecule has 1 aromatic rings. The Kier molecular flexibility index (Phi) is 2.47. The van der Waals surface area contributed by atoms with Gasteiger partial charge in [0, 0.05) is 17.9 Å². The maximum absolute atomic E-state index is 10.6. The number of carbonyl (C=O) groups excluding carboxylic acids is 1. The van der Waals surface area contributed by atoms with Gasteiger partial charge in [-0.05, 0) is 33.8 Å². The van der Waals surface area contributed by atoms with Crippen molar-refractivity contribution in [1.82, 2.24) is 4.57 Å². The number of aromatic nitrogens is 1. The van der Waals surface area contributed by atoms with Crippen LogP contribution >= 0.6 is 0 Å². The summed E-state index contributed by atoms with van der Waals surface area (Å²) < 4.78 is 13.2. The highest BCUT2D eigenvalue weighted by Crippen LogP contribution is 2.36. The molecule has 1 fully saturated rings. The van der Waals surface area contributed by atoms with Crippen molar-refractivity contribution in [3.63, 3.8) is 0 Å². The molecule has 0 saturated carbocycles. The normalized spacial score (nSPS) is 22.4. The molecule has 4 nitrogen and oxygen atoms in total. The van der Waals surface area contributed by atoms with Crippen LogP contribution in [0.2, 0.25) is 0 Å². The zero-order chi connectivity index (χ0) is 12.0. The van der Waals surface area contributed by atoms with Crippen molar-refractivity contribution in [1.29, 1.82) is 0 Å². The Balaban J connectivity index is 2.23. The molecule has 5 heteroatoms. The summed E-state index contributed by atoms with van der Waals surface area (Å²) in [5.74, 6) is 0. The summed E-state index contributed by atoms with van der Waals surface area (Å²) in [5, 5.41) is 0. The maximum Gasteiger partial charge on any atom is 0.496 e. The smallest absolute Gasteiger partial charge is 0.399 e. The first-order valence-electron chi connectivity index (χ1n) is 5.34. The van der Waals surface area contributed by atoms with E-state index in [-0.39, 0.29) is 11.2 Å². The summed E-state index contributed by atoms with van der Waals surface area (Å²) in [6.45, 7) is 8.01. The van der Waals surface area contributed by atoms with Gasteiger partial charge in [0.25, 0.3) is 0 Å². The van der Waals surface area contributed by atoms with E-state index in [0.717, 1.165) is 11.9 Å². The molecule has 1 saturated heterocycles. The standard InChI is InChI=1S/C11H16BNO3/c1-10(2)11(3,4)16-12(15-10)9-5-6-13(7-9)8-14/h5-8H,1-4H3. The van der Waals surface area contributed by atoms with Crippen molar-refractivity contribution in [2.24, 2.45) is 0 Å². The lowest BCUT2D eigenvalue weighted by Crippen LogP contribution is -2.41. The highest BCUT2D eigenvalue weighted by atomic mass is 16.7. The van der Waals surface area contributed by atoms with E-state index in [9.17, 15) is 4.79 Å². The van der Waals surface area contributed by atoms with E-state index in [2.05, 4.69) is 0 Å². The molecular formula is C11H16BNO3. The Morgan fingerprint density at radius 2 is 1.81 bits per heavy atom. The topological polar surface area (TPSA) is 40.5 Å². The third-order valence-electron chi connectivity index (χ3n) is 3.38. The second-order valence-corrected chi connectivity index (χ2v) is 5.09. The molecule has 0 amide bonds. The predicted octanol–water partition coefficient (Wildman–Crippen LogP) is 0.826. The minimum atomic E-state index is -0.397. The number of rotatable bonds is 2. The van der Waals surface area contributed by atoms with E-state index in [1.54, 1.807) is 12.4 Å². The van der Waals surface area contributed by atoms with Crippen LogP contribution in [0.25, 0.3) is 0 Å². The molecule has 0 aromatic carbocycles. The molecule has 1 aromatic heterocycles. The average Bonchev–Trinajstić information content (AvgIpc) is 2.70. The van der Waals surface area contributed by atoms with E-state index in [1.165, 1.54) is 4.57 Å². The second-order valence-electron chi connectivity index (χ2n) is 5.09. The van der Waals surface area contributed by atoms with Crippen LogP contribution in [0.5, 0.6) is 0 Å². The van der Waals surface area contributed by atoms with Crippen LogP contribution in [0.1, 0.15) is 27.7 Å². The third kappa shape index (κ3) is 1.70. The molecule has 2 heterocycles. The predicted molar refractivity (Wildman–Crippen MR) is 62.3 cm³/mol. The first-order valence-corrected chi connectivity index (χ1v) is 5.34. The first-order chi connectivity index (χ1) is 7.36. The Labute approximate surface area is 95.7 Å². The molecule has 86 valence electrons. The highest BCUT2D eigenvalue weighted by Gasteiger charge is 2.51. The van der Waals surface area contributed by atoms with Crippen molar-refractivity contribution < 1.29 is 14.1 Å². The lowest BCUT2D eigenvalue weighted by molar-refractivity contribution is 0.00578. The molecule has 0 unspecified atom stereocenters.